The number of carbonyl (C=O) groups is 1. The fourth-order valence-corrected chi connectivity index (χ4v) is 3.12. The van der Waals surface area contributed by atoms with E-state index in [1.807, 2.05) is 6.92 Å². The van der Waals surface area contributed by atoms with Crippen LogP contribution in [0.25, 0.3) is 0 Å². The van der Waals surface area contributed by atoms with Crippen LogP contribution >= 0.6 is 0 Å². The third kappa shape index (κ3) is 3.48. The number of hydrogen-bond donors (Lipinski definition) is 2. The molecule has 0 aromatic carbocycles. The van der Waals surface area contributed by atoms with E-state index < -0.39 is 0 Å². The van der Waals surface area contributed by atoms with E-state index in [-0.39, 0.29) is 17.5 Å². The number of rotatable bonds is 4. The largest absolute Gasteiger partial charge is 0.350 e. The summed E-state index contributed by atoms with van der Waals surface area (Å²) >= 11 is 0. The molecule has 3 atom stereocenters. The number of amides is 1. The van der Waals surface area contributed by atoms with Crippen LogP contribution in [0.3, 0.4) is 0 Å². The van der Waals surface area contributed by atoms with Crippen molar-refractivity contribution in [3.63, 3.8) is 0 Å². The highest BCUT2D eigenvalue weighted by molar-refractivity contribution is 5.82. The molecule has 4 heteroatoms. The molecule has 0 radical (unpaired) electrons. The molecule has 110 valence electrons. The molecule has 2 aliphatic rings. The van der Waals surface area contributed by atoms with Crippen LogP contribution < -0.4 is 10.6 Å². The first-order valence-electron chi connectivity index (χ1n) is 7.72. The summed E-state index contributed by atoms with van der Waals surface area (Å²) in [6.45, 7) is 11.6. The Hall–Kier alpha value is -0.610. The maximum Gasteiger partial charge on any atom is 0.237 e. The van der Waals surface area contributed by atoms with E-state index in [9.17, 15) is 4.79 Å². The zero-order valence-electron chi connectivity index (χ0n) is 12.8. The van der Waals surface area contributed by atoms with Gasteiger partial charge in [-0.1, -0.05) is 6.92 Å². The molecule has 1 amide bonds. The van der Waals surface area contributed by atoms with Gasteiger partial charge in [0.25, 0.3) is 0 Å². The first-order valence-corrected chi connectivity index (χ1v) is 7.72. The number of hydrogen-bond acceptors (Lipinski definition) is 3. The Bertz CT molecular complexity index is 329. The van der Waals surface area contributed by atoms with Crippen LogP contribution in [0.2, 0.25) is 0 Å². The van der Waals surface area contributed by atoms with Crippen LogP contribution in [0.1, 0.15) is 47.0 Å². The highest BCUT2D eigenvalue weighted by Crippen LogP contribution is 2.25. The minimum absolute atomic E-state index is 0.00706. The second-order valence-corrected chi connectivity index (χ2v) is 6.80. The van der Waals surface area contributed by atoms with Crippen molar-refractivity contribution in [2.75, 3.05) is 19.6 Å². The normalized spacial score (nSPS) is 29.9. The Morgan fingerprint density at radius 3 is 2.89 bits per heavy atom. The Kier molecular flexibility index (Phi) is 4.51. The summed E-state index contributed by atoms with van der Waals surface area (Å²) < 4.78 is 0. The average molecular weight is 267 g/mol. The van der Waals surface area contributed by atoms with E-state index in [2.05, 4.69) is 36.3 Å². The molecule has 19 heavy (non-hydrogen) atoms. The Balaban J connectivity index is 1.89. The zero-order chi connectivity index (χ0) is 14.0. The van der Waals surface area contributed by atoms with E-state index in [0.717, 1.165) is 32.0 Å². The molecule has 2 heterocycles. The lowest BCUT2D eigenvalue weighted by atomic mass is 9.92. The molecule has 2 fully saturated rings. The maximum atomic E-state index is 12.3. The van der Waals surface area contributed by atoms with E-state index in [1.54, 1.807) is 0 Å². The fraction of sp³-hybridized carbons (Fsp3) is 0.933. The summed E-state index contributed by atoms with van der Waals surface area (Å²) in [6, 6.07) is 0.686. The second kappa shape index (κ2) is 5.80. The van der Waals surface area contributed by atoms with Gasteiger partial charge in [-0.15, -0.1) is 0 Å². The number of likely N-dealkylation sites (tertiary alicyclic amines) is 1. The Morgan fingerprint density at radius 1 is 1.47 bits per heavy atom. The van der Waals surface area contributed by atoms with Crippen LogP contribution in [0, 0.1) is 5.92 Å². The summed E-state index contributed by atoms with van der Waals surface area (Å²) in [7, 11) is 0. The third-order valence-corrected chi connectivity index (χ3v) is 4.96. The lowest BCUT2D eigenvalue weighted by Crippen LogP contribution is -2.55. The number of carbonyl (C=O) groups excluding carboxylic acids is 1. The first-order chi connectivity index (χ1) is 8.93. The molecule has 0 aromatic heterocycles. The minimum atomic E-state index is -0.0986. The molecule has 0 aromatic rings. The molecule has 0 saturated carbocycles. The van der Waals surface area contributed by atoms with Gasteiger partial charge in [0, 0.05) is 24.7 Å². The molecule has 3 unspecified atom stereocenters. The summed E-state index contributed by atoms with van der Waals surface area (Å²) in [6.07, 6.45) is 3.40. The van der Waals surface area contributed by atoms with Crippen molar-refractivity contribution < 1.29 is 4.79 Å². The van der Waals surface area contributed by atoms with Crippen molar-refractivity contribution in [2.45, 2.75) is 64.6 Å². The van der Waals surface area contributed by atoms with Crippen LogP contribution in [0.15, 0.2) is 0 Å². The number of nitrogens with one attached hydrogen (secondary N) is 2. The van der Waals surface area contributed by atoms with Crippen molar-refractivity contribution in [1.82, 2.24) is 15.5 Å². The van der Waals surface area contributed by atoms with Gasteiger partial charge < -0.3 is 10.6 Å². The molecular weight excluding hydrogens is 238 g/mol. The fourth-order valence-electron chi connectivity index (χ4n) is 3.12. The topological polar surface area (TPSA) is 44.4 Å². The molecule has 4 nitrogen and oxygen atoms in total. The first kappa shape index (κ1) is 14.8. The molecule has 0 spiro atoms. The molecule has 0 bridgehead atoms. The Labute approximate surface area is 117 Å². The standard InChI is InChI=1S/C15H29N3O/c1-5-15(3,4)17-14(19)11(2)18-9-7-13-12(10-18)6-8-16-13/h11-13,16H,5-10H2,1-4H3,(H,17,19). The van der Waals surface area contributed by atoms with Gasteiger partial charge in [-0.2, -0.15) is 0 Å². The molecule has 0 aliphatic carbocycles. The molecule has 2 rings (SSSR count). The monoisotopic (exact) mass is 267 g/mol. The maximum absolute atomic E-state index is 12.3. The number of fused-ring (bicyclic) bond motifs is 1. The van der Waals surface area contributed by atoms with Gasteiger partial charge in [0.15, 0.2) is 0 Å². The van der Waals surface area contributed by atoms with Crippen LogP contribution in [0.5, 0.6) is 0 Å². The predicted octanol–water partition coefficient (Wildman–Crippen LogP) is 1.36. The van der Waals surface area contributed by atoms with Gasteiger partial charge in [-0.3, -0.25) is 9.69 Å². The van der Waals surface area contributed by atoms with Gasteiger partial charge in [-0.25, -0.2) is 0 Å². The minimum Gasteiger partial charge on any atom is -0.350 e. The van der Waals surface area contributed by atoms with Gasteiger partial charge in [-0.05, 0) is 52.5 Å². The van der Waals surface area contributed by atoms with E-state index >= 15 is 0 Å². The molecule has 2 saturated heterocycles. The van der Waals surface area contributed by atoms with Crippen LogP contribution in [-0.4, -0.2) is 48.1 Å². The van der Waals surface area contributed by atoms with E-state index in [0.29, 0.717) is 6.04 Å². The number of nitrogens with zero attached hydrogens (tertiary/aromatic N) is 1. The van der Waals surface area contributed by atoms with Crippen molar-refractivity contribution in [3.05, 3.63) is 0 Å². The highest BCUT2D eigenvalue weighted by Gasteiger charge is 2.36. The SMILES string of the molecule is CCC(C)(C)NC(=O)C(C)N1CCC2NCCC2C1. The summed E-state index contributed by atoms with van der Waals surface area (Å²) in [5, 5.41) is 6.73. The molecular formula is C15H29N3O. The molecule has 2 aliphatic heterocycles. The van der Waals surface area contributed by atoms with Gasteiger partial charge in [0.1, 0.15) is 0 Å². The van der Waals surface area contributed by atoms with Crippen molar-refractivity contribution in [3.8, 4) is 0 Å². The van der Waals surface area contributed by atoms with Crippen LogP contribution in [-0.2, 0) is 4.79 Å². The van der Waals surface area contributed by atoms with Crippen molar-refractivity contribution in [2.24, 2.45) is 5.92 Å². The van der Waals surface area contributed by atoms with Gasteiger partial charge in [0.05, 0.1) is 6.04 Å². The van der Waals surface area contributed by atoms with Gasteiger partial charge in [0.2, 0.25) is 5.91 Å². The van der Waals surface area contributed by atoms with E-state index in [1.165, 1.54) is 12.8 Å². The van der Waals surface area contributed by atoms with Crippen molar-refractivity contribution >= 4 is 5.91 Å². The predicted molar refractivity (Wildman–Crippen MR) is 78.1 cm³/mol. The third-order valence-electron chi connectivity index (χ3n) is 4.96. The summed E-state index contributed by atoms with van der Waals surface area (Å²) in [4.78, 5) is 14.7. The second-order valence-electron chi connectivity index (χ2n) is 6.80. The van der Waals surface area contributed by atoms with E-state index in [4.69, 9.17) is 0 Å². The quantitative estimate of drug-likeness (QED) is 0.808. The molecule has 2 N–H and O–H groups in total. The smallest absolute Gasteiger partial charge is 0.237 e. The number of piperidine rings is 1. The summed E-state index contributed by atoms with van der Waals surface area (Å²) in [5.74, 6) is 0.916. The van der Waals surface area contributed by atoms with Crippen molar-refractivity contribution in [1.29, 1.82) is 0 Å². The van der Waals surface area contributed by atoms with Gasteiger partial charge >= 0.3 is 0 Å². The average Bonchev–Trinajstić information content (AvgIpc) is 2.84. The lowest BCUT2D eigenvalue weighted by molar-refractivity contribution is -0.128. The van der Waals surface area contributed by atoms with Crippen LogP contribution in [0.4, 0.5) is 0 Å². The summed E-state index contributed by atoms with van der Waals surface area (Å²) in [5.41, 5.74) is -0.0986. The lowest BCUT2D eigenvalue weighted by Gasteiger charge is -2.39. The zero-order valence-corrected chi connectivity index (χ0v) is 12.8. The Morgan fingerprint density at radius 2 is 2.21 bits per heavy atom. The highest BCUT2D eigenvalue weighted by atomic mass is 16.2.